The average Bonchev–Trinajstić information content (AvgIpc) is 3.70. The van der Waals surface area contributed by atoms with Crippen molar-refractivity contribution in [2.75, 3.05) is 34.5 Å². The van der Waals surface area contributed by atoms with Crippen molar-refractivity contribution in [2.24, 2.45) is 35.3 Å². The number of amides is 6. The van der Waals surface area contributed by atoms with Crippen LogP contribution >= 0.6 is 0 Å². The Balaban J connectivity index is 2.26. The molecule has 0 aromatic heterocycles. The lowest BCUT2D eigenvalue weighted by Crippen LogP contribution is -2.59. The summed E-state index contributed by atoms with van der Waals surface area (Å²) in [6, 6.07) is 5.74. The molecule has 1 aliphatic heterocycles. The topological polar surface area (TPSA) is 202 Å². The van der Waals surface area contributed by atoms with E-state index in [4.69, 9.17) is 19.9 Å². The molecule has 11 atom stereocenters. The summed E-state index contributed by atoms with van der Waals surface area (Å²) in [6.07, 6.45) is 0.477. The number of hydrogen-bond acceptors (Lipinski definition) is 10. The third-order valence-corrected chi connectivity index (χ3v) is 12.4. The van der Waals surface area contributed by atoms with Crippen molar-refractivity contribution < 1.29 is 43.0 Å². The largest absolute Gasteiger partial charge is 0.444 e. The molecule has 1 aromatic rings. The van der Waals surface area contributed by atoms with Gasteiger partial charge in [0.05, 0.1) is 30.1 Å². The smallest absolute Gasteiger partial charge is 0.410 e. The van der Waals surface area contributed by atoms with Crippen molar-refractivity contribution in [3.63, 3.8) is 0 Å². The number of methoxy groups -OCH3 is 1. The molecule has 6 amide bonds. The quantitative estimate of drug-likeness (QED) is 0.105. The Labute approximate surface area is 383 Å². The summed E-state index contributed by atoms with van der Waals surface area (Å²) in [7, 11) is 4.82. The van der Waals surface area contributed by atoms with Gasteiger partial charge in [0.1, 0.15) is 30.5 Å². The molecule has 16 heteroatoms. The first-order valence-electron chi connectivity index (χ1n) is 23.1. The molecule has 1 saturated heterocycles. The van der Waals surface area contributed by atoms with E-state index in [9.17, 15) is 28.8 Å². The number of likely N-dealkylation sites (N-methyl/N-ethyl adjacent to an activating group) is 2. The molecule has 364 valence electrons. The van der Waals surface area contributed by atoms with Gasteiger partial charge in [-0.2, -0.15) is 0 Å². The highest BCUT2D eigenvalue weighted by molar-refractivity contribution is 5.92. The molecule has 0 radical (unpaired) electrons. The monoisotopic (exact) mass is 902 g/mol. The molecule has 5 N–H and O–H groups in total. The minimum atomic E-state index is -0.892. The van der Waals surface area contributed by atoms with Crippen LogP contribution in [-0.4, -0.2) is 133 Å². The van der Waals surface area contributed by atoms with Crippen molar-refractivity contribution in [2.45, 2.75) is 170 Å². The normalized spacial score (nSPS) is 19.0. The molecule has 2 rings (SSSR count). The number of carbonyl (C=O) groups excluding carboxylic acids is 6. The van der Waals surface area contributed by atoms with Crippen LogP contribution in [-0.2, 0) is 38.2 Å². The van der Waals surface area contributed by atoms with Crippen LogP contribution < -0.4 is 21.7 Å². The fourth-order valence-electron chi connectivity index (χ4n) is 8.83. The molecule has 1 fully saturated rings. The van der Waals surface area contributed by atoms with Gasteiger partial charge in [-0.1, -0.05) is 92.1 Å². The number of nitrogens with one attached hydrogen (secondary N) is 3. The van der Waals surface area contributed by atoms with Crippen molar-refractivity contribution in [3.05, 3.63) is 35.9 Å². The zero-order valence-corrected chi connectivity index (χ0v) is 41.7. The van der Waals surface area contributed by atoms with Crippen LogP contribution in [0.25, 0.3) is 0 Å². The SMILES string of the molecule is CC[C@H](C)[C@@H]([C@H](C)CC(=O)N1CCC[C@H]1[C@H](OC)[C@@H](C)C(=O)N[C@H](C)C(OCNC(=O)[C@H](C)N)c1ccccc1)N(C)C(=O)[C@@H](NC(=O)[C@H](C(C)C)N(C)C(=O)OC(C)(C)C)C(C)C. The number of nitrogens with zero attached hydrogens (tertiary/aromatic N) is 3. The number of rotatable bonds is 23. The molecular formula is C48H83N7O9. The fourth-order valence-corrected chi connectivity index (χ4v) is 8.83. The molecule has 1 heterocycles. The highest BCUT2D eigenvalue weighted by Gasteiger charge is 2.43. The lowest BCUT2D eigenvalue weighted by Gasteiger charge is -2.41. The molecule has 64 heavy (non-hydrogen) atoms. The van der Waals surface area contributed by atoms with Crippen molar-refractivity contribution in [3.8, 4) is 0 Å². The summed E-state index contributed by atoms with van der Waals surface area (Å²) in [5, 5.41) is 8.73. The lowest BCUT2D eigenvalue weighted by atomic mass is 9.84. The third kappa shape index (κ3) is 15.7. The number of carbonyl (C=O) groups is 6. The van der Waals surface area contributed by atoms with Crippen molar-refractivity contribution in [1.29, 1.82) is 0 Å². The highest BCUT2D eigenvalue weighted by atomic mass is 16.6. The first-order chi connectivity index (χ1) is 29.8. The first kappa shape index (κ1) is 55.9. The standard InChI is InChI=1S/C48H83N7O9/c1-17-30(6)40(53(14)46(60)38(28(2)3)52-45(59)39(29(4)5)54(15)47(61)64-48(11,12)13)31(7)26-37(56)55-25-21-24-36(55)41(62-16)32(8)43(57)51-34(10)42(35-22-19-18-20-23-35)63-27-50-44(58)33(9)49/h18-20,22-23,28-34,36,38-42H,17,21,24-27,49H2,1-16H3,(H,50,58)(H,51,57)(H,52,59)/t30-,31+,32+,33-,34+,36-,38-,39-,40-,41+,42?/m0/s1. The summed E-state index contributed by atoms with van der Waals surface area (Å²) in [5.41, 5.74) is 5.76. The molecule has 0 bridgehead atoms. The van der Waals surface area contributed by atoms with E-state index in [0.717, 1.165) is 18.4 Å². The van der Waals surface area contributed by atoms with Crippen LogP contribution in [0.3, 0.4) is 0 Å². The van der Waals surface area contributed by atoms with Gasteiger partial charge in [0.2, 0.25) is 29.5 Å². The van der Waals surface area contributed by atoms with Crippen molar-refractivity contribution in [1.82, 2.24) is 30.7 Å². The second kappa shape index (κ2) is 25.4. The molecular weight excluding hydrogens is 819 g/mol. The highest BCUT2D eigenvalue weighted by Crippen LogP contribution is 2.31. The van der Waals surface area contributed by atoms with E-state index >= 15 is 0 Å². The molecule has 0 saturated carbocycles. The second-order valence-electron chi connectivity index (χ2n) is 19.6. The maximum Gasteiger partial charge on any atom is 0.410 e. The Bertz CT molecular complexity index is 1670. The second-order valence-corrected chi connectivity index (χ2v) is 19.6. The minimum Gasteiger partial charge on any atom is -0.444 e. The van der Waals surface area contributed by atoms with Crippen LogP contribution in [0, 0.1) is 29.6 Å². The number of likely N-dealkylation sites (tertiary alicyclic amines) is 1. The van der Waals surface area contributed by atoms with Gasteiger partial charge in [0.25, 0.3) is 0 Å². The summed E-state index contributed by atoms with van der Waals surface area (Å²) >= 11 is 0. The van der Waals surface area contributed by atoms with Crippen LogP contribution in [0.15, 0.2) is 30.3 Å². The maximum absolute atomic E-state index is 14.5. The zero-order valence-electron chi connectivity index (χ0n) is 41.7. The third-order valence-electron chi connectivity index (χ3n) is 12.4. The fraction of sp³-hybridized carbons (Fsp3) is 0.750. The van der Waals surface area contributed by atoms with E-state index in [0.29, 0.717) is 13.0 Å². The maximum atomic E-state index is 14.5. The van der Waals surface area contributed by atoms with E-state index in [2.05, 4.69) is 22.9 Å². The van der Waals surface area contributed by atoms with Gasteiger partial charge in [0, 0.05) is 40.2 Å². The molecule has 0 spiro atoms. The van der Waals surface area contributed by atoms with Crippen molar-refractivity contribution >= 4 is 35.6 Å². The van der Waals surface area contributed by atoms with Crippen LogP contribution in [0.1, 0.15) is 127 Å². The van der Waals surface area contributed by atoms with Gasteiger partial charge in [-0.25, -0.2) is 4.79 Å². The Morgan fingerprint density at radius 1 is 0.844 bits per heavy atom. The Kier molecular flexibility index (Phi) is 22.2. The first-order valence-corrected chi connectivity index (χ1v) is 23.1. The summed E-state index contributed by atoms with van der Waals surface area (Å²) < 4.78 is 17.6. The van der Waals surface area contributed by atoms with Gasteiger partial charge in [0.15, 0.2) is 0 Å². The molecule has 0 aliphatic carbocycles. The van der Waals surface area contributed by atoms with Gasteiger partial charge < -0.3 is 45.7 Å². The van der Waals surface area contributed by atoms with Gasteiger partial charge in [-0.3, -0.25) is 28.9 Å². The predicted octanol–water partition coefficient (Wildman–Crippen LogP) is 5.24. The average molecular weight is 902 g/mol. The number of ether oxygens (including phenoxy) is 3. The zero-order chi connectivity index (χ0) is 48.8. The minimum absolute atomic E-state index is 0.0120. The molecule has 1 unspecified atom stereocenters. The van der Waals surface area contributed by atoms with E-state index in [1.54, 1.807) is 53.7 Å². The Hall–Kier alpha value is -4.28. The van der Waals surface area contributed by atoms with E-state index in [1.807, 2.05) is 83.7 Å². The number of nitrogens with two attached hydrogens (primary N) is 1. The summed E-state index contributed by atoms with van der Waals surface area (Å²) in [6.45, 7) is 24.4. The number of hydrogen-bond donors (Lipinski definition) is 4. The molecule has 1 aromatic carbocycles. The Morgan fingerprint density at radius 2 is 1.45 bits per heavy atom. The van der Waals surface area contributed by atoms with Gasteiger partial charge in [-0.15, -0.1) is 0 Å². The summed E-state index contributed by atoms with van der Waals surface area (Å²) in [5.74, 6) is -2.90. The van der Waals surface area contributed by atoms with Crippen LogP contribution in [0.4, 0.5) is 4.79 Å². The van der Waals surface area contributed by atoms with Crippen LogP contribution in [0.2, 0.25) is 0 Å². The van der Waals surface area contributed by atoms with E-state index in [-0.39, 0.29) is 72.5 Å². The lowest BCUT2D eigenvalue weighted by molar-refractivity contribution is -0.144. The Morgan fingerprint density at radius 3 is 1.97 bits per heavy atom. The van der Waals surface area contributed by atoms with E-state index < -0.39 is 59.9 Å². The molecule has 1 aliphatic rings. The van der Waals surface area contributed by atoms with Crippen LogP contribution in [0.5, 0.6) is 0 Å². The summed E-state index contributed by atoms with van der Waals surface area (Å²) in [4.78, 5) is 86.6. The van der Waals surface area contributed by atoms with Gasteiger partial charge >= 0.3 is 6.09 Å². The van der Waals surface area contributed by atoms with Gasteiger partial charge in [-0.05, 0) is 76.7 Å². The predicted molar refractivity (Wildman–Crippen MR) is 248 cm³/mol. The van der Waals surface area contributed by atoms with E-state index in [1.165, 1.54) is 11.9 Å². The molecule has 16 nitrogen and oxygen atoms in total. The number of benzene rings is 1.